The quantitative estimate of drug-likeness (QED) is 0.744. The molecule has 0 aliphatic rings. The lowest BCUT2D eigenvalue weighted by molar-refractivity contribution is -0.116. The maximum absolute atomic E-state index is 12.3. The van der Waals surface area contributed by atoms with Crippen molar-refractivity contribution in [3.8, 4) is 0 Å². The first-order valence-corrected chi connectivity index (χ1v) is 9.70. The third-order valence-electron chi connectivity index (χ3n) is 4.08. The van der Waals surface area contributed by atoms with Gasteiger partial charge in [-0.2, -0.15) is 0 Å². The van der Waals surface area contributed by atoms with Crippen LogP contribution in [0, 0.1) is 20.8 Å². The number of rotatable bonds is 7. The molecule has 6 heteroatoms. The number of aryl methyl sites for hydroxylation is 3. The van der Waals surface area contributed by atoms with Crippen LogP contribution in [0.3, 0.4) is 0 Å². The first-order chi connectivity index (χ1) is 11.8. The highest BCUT2D eigenvalue weighted by atomic mass is 32.2. The minimum Gasteiger partial charge on any atom is -0.326 e. The van der Waals surface area contributed by atoms with Crippen molar-refractivity contribution in [3.05, 3.63) is 59.2 Å². The van der Waals surface area contributed by atoms with Gasteiger partial charge in [-0.05, 0) is 62.1 Å². The molecular weight excluding hydrogens is 336 g/mol. The maximum Gasteiger partial charge on any atom is 0.240 e. The van der Waals surface area contributed by atoms with Crippen molar-refractivity contribution in [2.45, 2.75) is 38.5 Å². The van der Waals surface area contributed by atoms with E-state index < -0.39 is 10.0 Å². The van der Waals surface area contributed by atoms with Gasteiger partial charge in [-0.25, -0.2) is 13.1 Å². The lowest BCUT2D eigenvalue weighted by atomic mass is 10.1. The van der Waals surface area contributed by atoms with Crippen LogP contribution in [-0.2, 0) is 14.8 Å². The summed E-state index contributed by atoms with van der Waals surface area (Å²) in [7, 11) is -3.54. The first kappa shape index (κ1) is 19.1. The van der Waals surface area contributed by atoms with Gasteiger partial charge < -0.3 is 5.32 Å². The Morgan fingerprint density at radius 1 is 0.960 bits per heavy atom. The zero-order valence-electron chi connectivity index (χ0n) is 14.8. The normalized spacial score (nSPS) is 11.3. The molecule has 0 unspecified atom stereocenters. The molecule has 2 rings (SSSR count). The average molecular weight is 360 g/mol. The third-order valence-corrected chi connectivity index (χ3v) is 5.54. The molecule has 1 amide bonds. The van der Waals surface area contributed by atoms with Crippen LogP contribution in [-0.4, -0.2) is 20.9 Å². The molecule has 5 nitrogen and oxygen atoms in total. The summed E-state index contributed by atoms with van der Waals surface area (Å²) in [6.45, 7) is 5.96. The fourth-order valence-electron chi connectivity index (χ4n) is 2.35. The topological polar surface area (TPSA) is 75.3 Å². The number of hydrogen-bond donors (Lipinski definition) is 2. The molecule has 0 bridgehead atoms. The molecule has 0 aromatic heterocycles. The minimum atomic E-state index is -3.54. The monoisotopic (exact) mass is 360 g/mol. The van der Waals surface area contributed by atoms with Gasteiger partial charge in [-0.1, -0.05) is 24.3 Å². The second-order valence-electron chi connectivity index (χ2n) is 6.11. The summed E-state index contributed by atoms with van der Waals surface area (Å²) in [5.74, 6) is -0.125. The van der Waals surface area contributed by atoms with Crippen LogP contribution in [0.2, 0.25) is 0 Å². The van der Waals surface area contributed by atoms with Crippen molar-refractivity contribution < 1.29 is 13.2 Å². The summed E-state index contributed by atoms with van der Waals surface area (Å²) in [4.78, 5) is 12.2. The van der Waals surface area contributed by atoms with Crippen LogP contribution in [0.5, 0.6) is 0 Å². The standard InChI is InChI=1S/C19H24N2O3S/c1-14-10-11-17(13-16(14)3)25(23,24)20-12-6-9-19(22)21-18-8-5-4-7-15(18)2/h4-5,7-8,10-11,13,20H,6,9,12H2,1-3H3,(H,21,22). The van der Waals surface area contributed by atoms with E-state index in [4.69, 9.17) is 0 Å². The van der Waals surface area contributed by atoms with E-state index in [1.165, 1.54) is 0 Å². The fourth-order valence-corrected chi connectivity index (χ4v) is 3.50. The highest BCUT2D eigenvalue weighted by Crippen LogP contribution is 2.15. The Morgan fingerprint density at radius 3 is 2.36 bits per heavy atom. The zero-order chi connectivity index (χ0) is 18.4. The number of sulfonamides is 1. The number of carbonyl (C=O) groups is 1. The molecule has 0 heterocycles. The first-order valence-electron chi connectivity index (χ1n) is 8.22. The number of amides is 1. The second kappa shape index (κ2) is 8.27. The average Bonchev–Trinajstić information content (AvgIpc) is 2.56. The van der Waals surface area contributed by atoms with Gasteiger partial charge in [0.1, 0.15) is 0 Å². The fraction of sp³-hybridized carbons (Fsp3) is 0.316. The zero-order valence-corrected chi connectivity index (χ0v) is 15.6. The van der Waals surface area contributed by atoms with Crippen LogP contribution in [0.15, 0.2) is 47.4 Å². The summed E-state index contributed by atoms with van der Waals surface area (Å²) in [5.41, 5.74) is 3.75. The number of carbonyl (C=O) groups excluding carboxylic acids is 1. The Labute approximate surface area is 149 Å². The maximum atomic E-state index is 12.3. The van der Waals surface area contributed by atoms with E-state index in [0.717, 1.165) is 22.4 Å². The predicted octanol–water partition coefficient (Wildman–Crippen LogP) is 3.31. The summed E-state index contributed by atoms with van der Waals surface area (Å²) in [5, 5.41) is 2.84. The highest BCUT2D eigenvalue weighted by Gasteiger charge is 2.14. The second-order valence-corrected chi connectivity index (χ2v) is 7.88. The van der Waals surface area contributed by atoms with Crippen molar-refractivity contribution in [2.75, 3.05) is 11.9 Å². The lowest BCUT2D eigenvalue weighted by Gasteiger charge is -2.10. The van der Waals surface area contributed by atoms with E-state index in [-0.39, 0.29) is 23.8 Å². The number of nitrogens with one attached hydrogen (secondary N) is 2. The van der Waals surface area contributed by atoms with Gasteiger partial charge in [0.2, 0.25) is 15.9 Å². The Morgan fingerprint density at radius 2 is 1.68 bits per heavy atom. The van der Waals surface area contributed by atoms with Crippen LogP contribution < -0.4 is 10.0 Å². The predicted molar refractivity (Wildman–Crippen MR) is 100 cm³/mol. The smallest absolute Gasteiger partial charge is 0.240 e. The third kappa shape index (κ3) is 5.41. The Kier molecular flexibility index (Phi) is 6.33. The summed E-state index contributed by atoms with van der Waals surface area (Å²) in [6, 6.07) is 12.6. The van der Waals surface area contributed by atoms with Crippen molar-refractivity contribution >= 4 is 21.6 Å². The van der Waals surface area contributed by atoms with Crippen molar-refractivity contribution in [1.29, 1.82) is 0 Å². The molecule has 0 radical (unpaired) electrons. The molecule has 0 spiro atoms. The van der Waals surface area contributed by atoms with Crippen molar-refractivity contribution in [2.24, 2.45) is 0 Å². The largest absolute Gasteiger partial charge is 0.326 e. The molecule has 2 aromatic rings. The SMILES string of the molecule is Cc1ccc(S(=O)(=O)NCCCC(=O)Nc2ccccc2C)cc1C. The van der Waals surface area contributed by atoms with Gasteiger partial charge >= 0.3 is 0 Å². The van der Waals surface area contributed by atoms with Crippen LogP contribution in [0.1, 0.15) is 29.5 Å². The molecule has 0 saturated heterocycles. The molecule has 134 valence electrons. The summed E-state index contributed by atoms with van der Waals surface area (Å²) < 4.78 is 27.1. The molecule has 25 heavy (non-hydrogen) atoms. The van der Waals surface area contributed by atoms with Gasteiger partial charge in [0.25, 0.3) is 0 Å². The molecule has 0 fully saturated rings. The highest BCUT2D eigenvalue weighted by molar-refractivity contribution is 7.89. The van der Waals surface area contributed by atoms with Crippen LogP contribution in [0.25, 0.3) is 0 Å². The van der Waals surface area contributed by atoms with E-state index in [0.29, 0.717) is 6.42 Å². The number of anilines is 1. The van der Waals surface area contributed by atoms with Crippen molar-refractivity contribution in [1.82, 2.24) is 4.72 Å². The van der Waals surface area contributed by atoms with E-state index in [1.54, 1.807) is 18.2 Å². The molecule has 0 atom stereocenters. The lowest BCUT2D eigenvalue weighted by Crippen LogP contribution is -2.26. The molecule has 0 saturated carbocycles. The number of para-hydroxylation sites is 1. The molecular formula is C19H24N2O3S. The summed E-state index contributed by atoms with van der Waals surface area (Å²) >= 11 is 0. The van der Waals surface area contributed by atoms with E-state index in [9.17, 15) is 13.2 Å². The van der Waals surface area contributed by atoms with Gasteiger partial charge in [0.05, 0.1) is 4.90 Å². The number of hydrogen-bond acceptors (Lipinski definition) is 3. The van der Waals surface area contributed by atoms with Gasteiger partial charge in [-0.15, -0.1) is 0 Å². The number of benzene rings is 2. The molecule has 2 aromatic carbocycles. The Bertz CT molecular complexity index is 861. The summed E-state index contributed by atoms with van der Waals surface area (Å²) in [6.07, 6.45) is 0.686. The van der Waals surface area contributed by atoms with Crippen LogP contribution in [0.4, 0.5) is 5.69 Å². The molecule has 2 N–H and O–H groups in total. The van der Waals surface area contributed by atoms with Gasteiger partial charge in [-0.3, -0.25) is 4.79 Å². The van der Waals surface area contributed by atoms with E-state index in [2.05, 4.69) is 10.0 Å². The minimum absolute atomic E-state index is 0.125. The molecule has 0 aliphatic carbocycles. The Hall–Kier alpha value is -2.18. The van der Waals surface area contributed by atoms with Crippen LogP contribution >= 0.6 is 0 Å². The van der Waals surface area contributed by atoms with E-state index >= 15 is 0 Å². The Balaban J connectivity index is 1.83. The van der Waals surface area contributed by atoms with Crippen molar-refractivity contribution in [3.63, 3.8) is 0 Å². The van der Waals surface area contributed by atoms with E-state index in [1.807, 2.05) is 45.0 Å². The molecule has 0 aliphatic heterocycles. The van der Waals surface area contributed by atoms with Gasteiger partial charge in [0, 0.05) is 18.7 Å². The van der Waals surface area contributed by atoms with Gasteiger partial charge in [0.15, 0.2) is 0 Å².